The number of likely N-dealkylation sites (N-methyl/N-ethyl adjacent to an activating group) is 7. The average Bonchev–Trinajstić information content (AvgIpc) is 0.802. The van der Waals surface area contributed by atoms with Gasteiger partial charge in [0.2, 0.25) is 65.0 Å². The number of hydrogen-bond donors (Lipinski definition) is 5. The zero-order valence-corrected chi connectivity index (χ0v) is 64.3. The van der Waals surface area contributed by atoms with Crippen molar-refractivity contribution in [2.24, 2.45) is 40.9 Å². The molecule has 11 amide bonds. The van der Waals surface area contributed by atoms with Crippen LogP contribution in [0.15, 0.2) is 41.3 Å². The Labute approximate surface area is 584 Å². The van der Waals surface area contributed by atoms with Crippen molar-refractivity contribution in [3.8, 4) is 0 Å². The number of benzene rings is 1. The molecule has 2 rings (SSSR count). The first-order valence-electron chi connectivity index (χ1n) is 34.5. The molecule has 0 spiro atoms. The van der Waals surface area contributed by atoms with Gasteiger partial charge in [0.05, 0.1) is 17.6 Å². The molecule has 1 saturated heterocycles. The normalized spacial score (nSPS) is 25.9. The van der Waals surface area contributed by atoms with Crippen LogP contribution in [0.2, 0.25) is 0 Å². The first kappa shape index (κ1) is 87.1. The Bertz CT molecular complexity index is 3060. The van der Waals surface area contributed by atoms with Crippen LogP contribution in [0.3, 0.4) is 0 Å². The van der Waals surface area contributed by atoms with E-state index in [9.17, 15) is 32.7 Å². The molecule has 98 heavy (non-hydrogen) atoms. The summed E-state index contributed by atoms with van der Waals surface area (Å²) in [5.74, 6) is -11.3. The van der Waals surface area contributed by atoms with Crippen molar-refractivity contribution < 1.29 is 70.4 Å². The Kier molecular flexibility index (Phi) is 33.8. The highest BCUT2D eigenvalue weighted by Gasteiger charge is 2.47. The number of rotatable bonds is 18. The van der Waals surface area contributed by atoms with Gasteiger partial charge in [0, 0.05) is 49.3 Å². The van der Waals surface area contributed by atoms with Crippen LogP contribution < -0.4 is 21.3 Å². The molecule has 1 aromatic carbocycles. The molecule has 0 bridgehead atoms. The summed E-state index contributed by atoms with van der Waals surface area (Å²) in [4.78, 5) is 172. The topological polar surface area (TPSA) is 322 Å². The second-order valence-electron chi connectivity index (χ2n) is 30.0. The van der Waals surface area contributed by atoms with E-state index in [0.29, 0.717) is 0 Å². The summed E-state index contributed by atoms with van der Waals surface area (Å²) in [6.45, 7) is 31.8. The molecule has 556 valence electrons. The molecular weight excluding hydrogens is 1280 g/mol. The number of nitrogens with one attached hydrogen (secondary N) is 4. The first-order chi connectivity index (χ1) is 45.1. The van der Waals surface area contributed by atoms with E-state index in [2.05, 4.69) is 21.3 Å². The quantitative estimate of drug-likeness (QED) is 0.0979. The molecule has 1 aliphatic rings. The molecule has 1 aliphatic heterocycles. The van der Waals surface area contributed by atoms with E-state index in [1.807, 2.05) is 41.5 Å². The number of carbonyl (C=O) groups excluding carboxylic acids is 11. The van der Waals surface area contributed by atoms with Crippen LogP contribution in [0, 0.1) is 47.8 Å². The lowest BCUT2D eigenvalue weighted by atomic mass is 9.86. The lowest BCUT2D eigenvalue weighted by Gasteiger charge is -2.41. The fourth-order valence-electron chi connectivity index (χ4n) is 12.0. The number of allylic oxidation sites excluding steroid dienone is 2. The van der Waals surface area contributed by atoms with E-state index in [1.165, 1.54) is 94.9 Å². The van der Waals surface area contributed by atoms with E-state index in [0.717, 1.165) is 20.3 Å². The molecule has 0 aliphatic carbocycles. The molecule has 0 aromatic heterocycles. The third-order valence-corrected chi connectivity index (χ3v) is 19.5. The van der Waals surface area contributed by atoms with Crippen LogP contribution >= 0.6 is 0 Å². The van der Waals surface area contributed by atoms with E-state index in [1.54, 1.807) is 100 Å². The number of aryl methyl sites for hydroxylation is 1. The highest BCUT2D eigenvalue weighted by atomic mass is 32.2. The summed E-state index contributed by atoms with van der Waals surface area (Å²) in [6.07, 6.45) is 2.21. The van der Waals surface area contributed by atoms with Crippen molar-refractivity contribution in [1.82, 2.24) is 55.6 Å². The van der Waals surface area contributed by atoms with Gasteiger partial charge in [-0.15, -0.1) is 0 Å². The van der Waals surface area contributed by atoms with E-state index in [4.69, 9.17) is 4.18 Å². The van der Waals surface area contributed by atoms with Crippen molar-refractivity contribution in [1.29, 1.82) is 0 Å². The summed E-state index contributed by atoms with van der Waals surface area (Å²) in [5.41, 5.74) is 0.00328. The van der Waals surface area contributed by atoms with Crippen molar-refractivity contribution in [3.63, 3.8) is 0 Å². The van der Waals surface area contributed by atoms with Gasteiger partial charge in [-0.2, -0.15) is 8.42 Å². The summed E-state index contributed by atoms with van der Waals surface area (Å²) >= 11 is 0. The van der Waals surface area contributed by atoms with Gasteiger partial charge in [-0.25, -0.2) is 0 Å². The van der Waals surface area contributed by atoms with Gasteiger partial charge in [0.1, 0.15) is 66.5 Å². The third kappa shape index (κ3) is 23.8. The predicted molar refractivity (Wildman–Crippen MR) is 376 cm³/mol. The largest absolute Gasteiger partial charge is 0.390 e. The minimum Gasteiger partial charge on any atom is -0.390 e. The maximum atomic E-state index is 15.5. The SMILES string of the molecule is C/C=C/C[C@@H](C)[C@@H](O)[C@H]1C(=O)N[C@@H](CC)C(=O)N(C)C(COS(=O)(=O)c2ccc(C)cc2)C(=O)N(C)[C@@H](CC(C)(C)C)C(=O)N[C@@H](C(C)C)C(=O)N(C)[C@@H](CC(C)C)C(=O)N[C@@H](C)C(=O)N[C@H](C)C(=O)N(C)[C@@H](CC(C)C)C(=O)N(C)[C@@H](CC(C)C)C(=O)N(C)[C@@H](C(C)C)C(=O)N1C. The van der Waals surface area contributed by atoms with Crippen LogP contribution in [0.25, 0.3) is 0 Å². The lowest BCUT2D eigenvalue weighted by molar-refractivity contribution is -0.157. The molecule has 5 N–H and O–H groups in total. The van der Waals surface area contributed by atoms with Crippen LogP contribution in [0.4, 0.5) is 0 Å². The second-order valence-corrected chi connectivity index (χ2v) is 31.6. The first-order valence-corrected chi connectivity index (χ1v) is 35.9. The Balaban J connectivity index is 3.20. The number of carbonyl (C=O) groups is 11. The summed E-state index contributed by atoms with van der Waals surface area (Å²) < 4.78 is 33.6. The maximum Gasteiger partial charge on any atom is 0.297 e. The molecule has 1 aromatic rings. The van der Waals surface area contributed by atoms with Crippen molar-refractivity contribution >= 4 is 75.1 Å². The van der Waals surface area contributed by atoms with Crippen molar-refractivity contribution in [2.45, 2.75) is 248 Å². The Morgan fingerprint density at radius 3 is 1.41 bits per heavy atom. The van der Waals surface area contributed by atoms with Gasteiger partial charge in [0.15, 0.2) is 0 Å². The minimum absolute atomic E-state index is 0.0639. The number of amides is 11. The molecule has 13 atom stereocenters. The summed E-state index contributed by atoms with van der Waals surface area (Å²) in [7, 11) is 4.77. The van der Waals surface area contributed by atoms with Gasteiger partial charge >= 0.3 is 0 Å². The van der Waals surface area contributed by atoms with Gasteiger partial charge in [-0.05, 0) is 119 Å². The van der Waals surface area contributed by atoms with Crippen LogP contribution in [0.1, 0.15) is 169 Å². The van der Waals surface area contributed by atoms with Crippen molar-refractivity contribution in [3.05, 3.63) is 42.0 Å². The van der Waals surface area contributed by atoms with Crippen LogP contribution in [-0.2, 0) is 67.0 Å². The van der Waals surface area contributed by atoms with Gasteiger partial charge in [0.25, 0.3) is 10.1 Å². The minimum atomic E-state index is -4.66. The fourth-order valence-corrected chi connectivity index (χ4v) is 12.9. The zero-order chi connectivity index (χ0) is 75.7. The molecular formula is C71H121N11O15S. The number of nitrogens with zero attached hydrogens (tertiary/aromatic N) is 7. The van der Waals surface area contributed by atoms with E-state index in [-0.39, 0.29) is 61.2 Å². The molecule has 1 fully saturated rings. The number of aliphatic hydroxyl groups excluding tert-OH is 1. The zero-order valence-electron chi connectivity index (χ0n) is 63.5. The Morgan fingerprint density at radius 2 is 0.939 bits per heavy atom. The standard InChI is InChI=1S/C71H121N11O15S/c1-27-29-30-46(14)59(83)58-63(87)74-50(28-2)65(89)80(24)55(39-97-98(95,96)49-33-31-45(13)32-34-49)68(92)79(23)54(38-71(17,18)19)62(86)75-56(43(9)10)69(93)76(20)51(35-40(3)4)61(85)72-47(15)60(84)73-48(16)64(88)77(21)52(36-41(5)6)66(90)78(22)53(37-42(7)8)67(91)81(25)57(44(11)12)70(94)82(58)26/h27,29,31-34,40-44,46-48,50-59,83H,28,30,35-39H2,1-26H3,(H,72,85)(H,73,84)(H,74,87)(H,75,86)/b29-27+/t46-,47+,48-,50+,51+,52+,53+,54+,55?,56+,57+,58+,59-/m1/s1. The van der Waals surface area contributed by atoms with Crippen molar-refractivity contribution in [2.75, 3.05) is 55.9 Å². The second kappa shape index (κ2) is 38.0. The highest BCUT2D eigenvalue weighted by Crippen LogP contribution is 2.28. The van der Waals surface area contributed by atoms with Crippen LogP contribution in [0.5, 0.6) is 0 Å². The average molecular weight is 1400 g/mol. The van der Waals surface area contributed by atoms with E-state index >= 15 is 33.6 Å². The Hall–Kier alpha value is -7.00. The monoisotopic (exact) mass is 1400 g/mol. The van der Waals surface area contributed by atoms with E-state index < -0.39 is 177 Å². The summed E-state index contributed by atoms with van der Waals surface area (Å²) in [5, 5.41) is 23.2. The molecule has 1 heterocycles. The smallest absolute Gasteiger partial charge is 0.297 e. The van der Waals surface area contributed by atoms with Gasteiger partial charge in [-0.3, -0.25) is 56.9 Å². The third-order valence-electron chi connectivity index (χ3n) is 18.2. The maximum absolute atomic E-state index is 15.5. The molecule has 0 saturated carbocycles. The number of aliphatic hydroxyl groups is 1. The fraction of sp³-hybridized carbons (Fsp3) is 0.732. The predicted octanol–water partition coefficient (Wildman–Crippen LogP) is 4.74. The summed E-state index contributed by atoms with van der Waals surface area (Å²) in [6, 6.07) is -9.75. The molecule has 1 unspecified atom stereocenters. The lowest BCUT2D eigenvalue weighted by Crippen LogP contribution is -2.64. The number of hydrogen-bond acceptors (Lipinski definition) is 15. The van der Waals surface area contributed by atoms with Gasteiger partial charge < -0.3 is 60.7 Å². The molecule has 0 radical (unpaired) electrons. The Morgan fingerprint density at radius 1 is 0.510 bits per heavy atom. The molecule has 26 nitrogen and oxygen atoms in total. The molecule has 27 heteroatoms. The van der Waals surface area contributed by atoms with Crippen LogP contribution in [-0.4, -0.2) is 241 Å². The van der Waals surface area contributed by atoms with Gasteiger partial charge in [-0.1, -0.05) is 134 Å². The highest BCUT2D eigenvalue weighted by molar-refractivity contribution is 7.86.